The Morgan fingerprint density at radius 1 is 1.25 bits per heavy atom. The molecule has 16 heavy (non-hydrogen) atoms. The van der Waals surface area contributed by atoms with E-state index in [0.717, 1.165) is 11.3 Å². The van der Waals surface area contributed by atoms with Crippen LogP contribution >= 0.6 is 0 Å². The van der Waals surface area contributed by atoms with Crippen LogP contribution in [0.25, 0.3) is 6.20 Å². The van der Waals surface area contributed by atoms with Gasteiger partial charge in [-0.1, -0.05) is 36.9 Å². The summed E-state index contributed by atoms with van der Waals surface area (Å²) in [5.41, 5.74) is 2.36. The molecule has 0 amide bonds. The Morgan fingerprint density at radius 3 is 2.50 bits per heavy atom. The molecule has 2 heteroatoms. The Balaban J connectivity index is 2.42. The van der Waals surface area contributed by atoms with E-state index in [1.807, 2.05) is 54.1 Å². The second-order valence-electron chi connectivity index (χ2n) is 3.60. The van der Waals surface area contributed by atoms with Gasteiger partial charge in [-0.15, -0.1) is 0 Å². The Labute approximate surface area is 94.8 Å². The first kappa shape index (κ1) is 10.4. The van der Waals surface area contributed by atoms with Crippen molar-refractivity contribution in [2.45, 2.75) is 6.92 Å². The number of nitrogens with zero attached hydrogens (tertiary/aromatic N) is 1. The van der Waals surface area contributed by atoms with E-state index in [0.29, 0.717) is 5.56 Å². The summed E-state index contributed by atoms with van der Waals surface area (Å²) in [5.74, 6) is 0.0544. The summed E-state index contributed by atoms with van der Waals surface area (Å²) in [5, 5.41) is 0. The molecule has 80 valence electrons. The van der Waals surface area contributed by atoms with Gasteiger partial charge in [0.05, 0.1) is 0 Å². The number of carbonyl (C=O) groups excluding carboxylic acids is 1. The van der Waals surface area contributed by atoms with Crippen LogP contribution in [-0.4, -0.2) is 10.4 Å². The van der Waals surface area contributed by atoms with Gasteiger partial charge in [-0.3, -0.25) is 4.79 Å². The van der Waals surface area contributed by atoms with Crippen molar-refractivity contribution in [1.82, 2.24) is 4.57 Å². The average molecular weight is 211 g/mol. The minimum atomic E-state index is 0.0544. The maximum atomic E-state index is 12.1. The third-order valence-corrected chi connectivity index (χ3v) is 2.66. The standard InChI is InChI=1S/C14H13NO/c1-3-15-10-9-13(11(15)2)14(16)12-7-5-4-6-8-12/h3-10H,1H2,2H3. The minimum absolute atomic E-state index is 0.0544. The van der Waals surface area contributed by atoms with Gasteiger partial charge in [-0.25, -0.2) is 0 Å². The van der Waals surface area contributed by atoms with Crippen LogP contribution in [0.4, 0.5) is 0 Å². The Morgan fingerprint density at radius 2 is 1.94 bits per heavy atom. The third-order valence-electron chi connectivity index (χ3n) is 2.66. The number of hydrogen-bond donors (Lipinski definition) is 0. The van der Waals surface area contributed by atoms with Crippen molar-refractivity contribution in [3.05, 3.63) is 66.0 Å². The summed E-state index contributed by atoms with van der Waals surface area (Å²) >= 11 is 0. The number of ketones is 1. The van der Waals surface area contributed by atoms with Gasteiger partial charge in [0.1, 0.15) is 0 Å². The molecule has 0 saturated carbocycles. The van der Waals surface area contributed by atoms with Crippen molar-refractivity contribution in [3.63, 3.8) is 0 Å². The van der Waals surface area contributed by atoms with E-state index in [1.165, 1.54) is 0 Å². The quantitative estimate of drug-likeness (QED) is 0.715. The van der Waals surface area contributed by atoms with Gasteiger partial charge < -0.3 is 4.57 Å². The lowest BCUT2D eigenvalue weighted by Crippen LogP contribution is -2.02. The molecule has 0 saturated heterocycles. The lowest BCUT2D eigenvalue weighted by atomic mass is 10.0. The molecular weight excluding hydrogens is 198 g/mol. The van der Waals surface area contributed by atoms with Crippen molar-refractivity contribution in [2.75, 3.05) is 0 Å². The molecule has 0 aliphatic rings. The Hall–Kier alpha value is -2.09. The topological polar surface area (TPSA) is 22.0 Å². The molecule has 1 heterocycles. The predicted molar refractivity (Wildman–Crippen MR) is 65.4 cm³/mol. The Kier molecular flexibility index (Phi) is 2.73. The van der Waals surface area contributed by atoms with Crippen LogP contribution in [0.5, 0.6) is 0 Å². The average Bonchev–Trinajstić information content (AvgIpc) is 2.70. The van der Waals surface area contributed by atoms with Crippen LogP contribution in [0.2, 0.25) is 0 Å². The first-order chi connectivity index (χ1) is 7.74. The molecule has 0 fully saturated rings. The maximum absolute atomic E-state index is 12.1. The van der Waals surface area contributed by atoms with Crippen molar-refractivity contribution < 1.29 is 4.79 Å². The molecule has 0 spiro atoms. The fourth-order valence-electron chi connectivity index (χ4n) is 1.71. The van der Waals surface area contributed by atoms with Crippen molar-refractivity contribution in [2.24, 2.45) is 0 Å². The zero-order chi connectivity index (χ0) is 11.5. The molecule has 1 aromatic carbocycles. The van der Waals surface area contributed by atoms with Crippen LogP contribution in [0.15, 0.2) is 49.2 Å². The second-order valence-corrected chi connectivity index (χ2v) is 3.60. The van der Waals surface area contributed by atoms with Crippen LogP contribution < -0.4 is 0 Å². The van der Waals surface area contributed by atoms with Crippen molar-refractivity contribution >= 4 is 12.0 Å². The predicted octanol–water partition coefficient (Wildman–Crippen LogP) is 3.13. The highest BCUT2D eigenvalue weighted by Gasteiger charge is 2.13. The van der Waals surface area contributed by atoms with E-state index in [4.69, 9.17) is 0 Å². The van der Waals surface area contributed by atoms with E-state index >= 15 is 0 Å². The molecule has 0 atom stereocenters. The normalized spacial score (nSPS) is 10.1. The number of aromatic nitrogens is 1. The maximum Gasteiger partial charge on any atom is 0.194 e. The van der Waals surface area contributed by atoms with Gasteiger partial charge in [0, 0.05) is 29.2 Å². The fraction of sp³-hybridized carbons (Fsp3) is 0.0714. The van der Waals surface area contributed by atoms with E-state index in [9.17, 15) is 4.79 Å². The summed E-state index contributed by atoms with van der Waals surface area (Å²) in [6.45, 7) is 5.60. The largest absolute Gasteiger partial charge is 0.328 e. The zero-order valence-electron chi connectivity index (χ0n) is 9.18. The van der Waals surface area contributed by atoms with Crippen LogP contribution in [-0.2, 0) is 0 Å². The summed E-state index contributed by atoms with van der Waals surface area (Å²) in [6, 6.07) is 11.1. The zero-order valence-corrected chi connectivity index (χ0v) is 9.18. The van der Waals surface area contributed by atoms with Crippen molar-refractivity contribution in [3.8, 4) is 0 Å². The minimum Gasteiger partial charge on any atom is -0.328 e. The number of carbonyl (C=O) groups is 1. The molecule has 0 unspecified atom stereocenters. The summed E-state index contributed by atoms with van der Waals surface area (Å²) in [6.07, 6.45) is 3.54. The first-order valence-corrected chi connectivity index (χ1v) is 5.14. The van der Waals surface area contributed by atoms with E-state index in [-0.39, 0.29) is 5.78 Å². The lowest BCUT2D eigenvalue weighted by Gasteiger charge is -2.01. The number of benzene rings is 1. The van der Waals surface area contributed by atoms with Gasteiger partial charge in [-0.2, -0.15) is 0 Å². The number of hydrogen-bond acceptors (Lipinski definition) is 1. The van der Waals surface area contributed by atoms with Gasteiger partial charge >= 0.3 is 0 Å². The molecule has 0 radical (unpaired) electrons. The Bertz CT molecular complexity index is 523. The van der Waals surface area contributed by atoms with Crippen LogP contribution in [0, 0.1) is 6.92 Å². The summed E-state index contributed by atoms with van der Waals surface area (Å²) < 4.78 is 1.84. The van der Waals surface area contributed by atoms with Gasteiger partial charge in [0.2, 0.25) is 0 Å². The van der Waals surface area contributed by atoms with Gasteiger partial charge in [-0.05, 0) is 13.0 Å². The molecule has 0 aliphatic heterocycles. The molecular formula is C14H13NO. The van der Waals surface area contributed by atoms with Gasteiger partial charge in [0.25, 0.3) is 0 Å². The highest BCUT2D eigenvalue weighted by molar-refractivity contribution is 6.09. The monoisotopic (exact) mass is 211 g/mol. The van der Waals surface area contributed by atoms with Gasteiger partial charge in [0.15, 0.2) is 5.78 Å². The van der Waals surface area contributed by atoms with Crippen LogP contribution in [0.3, 0.4) is 0 Å². The summed E-state index contributed by atoms with van der Waals surface area (Å²) in [7, 11) is 0. The highest BCUT2D eigenvalue weighted by atomic mass is 16.1. The molecule has 2 rings (SSSR count). The fourth-order valence-corrected chi connectivity index (χ4v) is 1.71. The number of rotatable bonds is 3. The SMILES string of the molecule is C=Cn1ccc(C(=O)c2ccccc2)c1C. The first-order valence-electron chi connectivity index (χ1n) is 5.14. The smallest absolute Gasteiger partial charge is 0.194 e. The second kappa shape index (κ2) is 4.19. The van der Waals surface area contributed by atoms with E-state index < -0.39 is 0 Å². The highest BCUT2D eigenvalue weighted by Crippen LogP contribution is 2.15. The molecule has 0 bridgehead atoms. The third kappa shape index (κ3) is 1.70. The molecule has 0 N–H and O–H groups in total. The lowest BCUT2D eigenvalue weighted by molar-refractivity contribution is 0.103. The molecule has 1 aromatic heterocycles. The molecule has 0 aliphatic carbocycles. The van der Waals surface area contributed by atoms with E-state index in [2.05, 4.69) is 6.58 Å². The van der Waals surface area contributed by atoms with Crippen LogP contribution in [0.1, 0.15) is 21.6 Å². The van der Waals surface area contributed by atoms with E-state index in [1.54, 1.807) is 6.20 Å². The van der Waals surface area contributed by atoms with Crippen molar-refractivity contribution in [1.29, 1.82) is 0 Å². The molecule has 2 nitrogen and oxygen atoms in total. The summed E-state index contributed by atoms with van der Waals surface area (Å²) in [4.78, 5) is 12.1. The molecule has 2 aromatic rings.